The molecule has 2 aromatic carbocycles. The van der Waals surface area contributed by atoms with Gasteiger partial charge >= 0.3 is 0 Å². The number of nitrogens with zero attached hydrogens (tertiary/aromatic N) is 4. The van der Waals surface area contributed by atoms with Crippen LogP contribution in [0.15, 0.2) is 59.9 Å². The number of rotatable bonds is 8. The number of aryl methyl sites for hydroxylation is 1. The zero-order valence-electron chi connectivity index (χ0n) is 17.6. The molecule has 0 saturated heterocycles. The lowest BCUT2D eigenvalue weighted by atomic mass is 10.1. The fourth-order valence-electron chi connectivity index (χ4n) is 3.08. The Labute approximate surface area is 198 Å². The summed E-state index contributed by atoms with van der Waals surface area (Å²) in [6.45, 7) is 5.57. The highest BCUT2D eigenvalue weighted by Gasteiger charge is 2.13. The molecule has 3 rings (SSSR count). The first-order valence-corrected chi connectivity index (χ1v) is 9.97. The summed E-state index contributed by atoms with van der Waals surface area (Å²) in [5, 5.41) is 14.5. The van der Waals surface area contributed by atoms with E-state index in [-0.39, 0.29) is 24.0 Å². The molecule has 1 unspecified atom stereocenters. The molecule has 0 aliphatic rings. The van der Waals surface area contributed by atoms with Crippen molar-refractivity contribution in [1.82, 2.24) is 25.4 Å². The molecule has 3 aromatic rings. The van der Waals surface area contributed by atoms with Crippen LogP contribution in [0.3, 0.4) is 0 Å². The van der Waals surface area contributed by atoms with Gasteiger partial charge in [0.2, 0.25) is 0 Å². The summed E-state index contributed by atoms with van der Waals surface area (Å²) in [6.07, 6.45) is 2.50. The molecule has 1 atom stereocenters. The predicted molar refractivity (Wildman–Crippen MR) is 128 cm³/mol. The van der Waals surface area contributed by atoms with Gasteiger partial charge in [0.05, 0.1) is 12.6 Å². The molecule has 1 aromatic heterocycles. The zero-order valence-corrected chi connectivity index (χ0v) is 19.9. The van der Waals surface area contributed by atoms with Crippen molar-refractivity contribution in [3.8, 4) is 0 Å². The van der Waals surface area contributed by atoms with Crippen LogP contribution in [0.1, 0.15) is 36.8 Å². The van der Waals surface area contributed by atoms with Crippen molar-refractivity contribution >= 4 is 29.9 Å². The van der Waals surface area contributed by atoms with Crippen LogP contribution in [0.25, 0.3) is 0 Å². The van der Waals surface area contributed by atoms with Crippen LogP contribution in [0.4, 0.5) is 8.78 Å². The molecule has 6 nitrogen and oxygen atoms in total. The molecule has 2 N–H and O–H groups in total. The summed E-state index contributed by atoms with van der Waals surface area (Å²) in [4.78, 5) is 4.63. The molecule has 0 amide bonds. The van der Waals surface area contributed by atoms with Crippen molar-refractivity contribution in [1.29, 1.82) is 0 Å². The quantitative estimate of drug-likeness (QED) is 0.255. The Morgan fingerprint density at radius 2 is 1.94 bits per heavy atom. The second-order valence-corrected chi connectivity index (χ2v) is 6.90. The van der Waals surface area contributed by atoms with Gasteiger partial charge in [-0.2, -0.15) is 0 Å². The molecule has 0 aliphatic heterocycles. The summed E-state index contributed by atoms with van der Waals surface area (Å²) in [6, 6.07) is 13.1. The second-order valence-electron chi connectivity index (χ2n) is 6.90. The molecule has 31 heavy (non-hydrogen) atoms. The lowest BCUT2D eigenvalue weighted by Gasteiger charge is -2.19. The molecule has 0 aliphatic carbocycles. The van der Waals surface area contributed by atoms with Crippen LogP contribution in [0.5, 0.6) is 0 Å². The van der Waals surface area contributed by atoms with E-state index in [2.05, 4.69) is 25.8 Å². The summed E-state index contributed by atoms with van der Waals surface area (Å²) >= 11 is 0. The first kappa shape index (κ1) is 24.7. The van der Waals surface area contributed by atoms with Crippen LogP contribution in [0.2, 0.25) is 0 Å². The molecule has 166 valence electrons. The second kappa shape index (κ2) is 12.3. The largest absolute Gasteiger partial charge is 0.355 e. The van der Waals surface area contributed by atoms with Crippen molar-refractivity contribution < 1.29 is 8.78 Å². The number of nitrogens with one attached hydrogen (secondary N) is 2. The van der Waals surface area contributed by atoms with E-state index in [0.29, 0.717) is 31.2 Å². The monoisotopic (exact) mass is 540 g/mol. The van der Waals surface area contributed by atoms with Crippen molar-refractivity contribution in [3.63, 3.8) is 0 Å². The van der Waals surface area contributed by atoms with Gasteiger partial charge in [-0.15, -0.1) is 34.2 Å². The predicted octanol–water partition coefficient (Wildman–Crippen LogP) is 4.23. The molecule has 0 spiro atoms. The van der Waals surface area contributed by atoms with Gasteiger partial charge in [-0.25, -0.2) is 13.8 Å². The standard InChI is InChI=1S/C22H26F2N6.HI/c1-3-21-29-27-15-30(21)12-11-25-22(26-14-17-7-5-4-6-8-17)28-16(2)19-10-9-18(23)13-20(19)24;/h4-10,13,15-16H,3,11-12,14H2,1-2H3,(H2,25,26,28);1H. The smallest absolute Gasteiger partial charge is 0.192 e. The summed E-state index contributed by atoms with van der Waals surface area (Å²) < 4.78 is 29.4. The van der Waals surface area contributed by atoms with Gasteiger partial charge in [0.1, 0.15) is 23.8 Å². The summed E-state index contributed by atoms with van der Waals surface area (Å²) in [5.74, 6) is 0.269. The van der Waals surface area contributed by atoms with Crippen molar-refractivity contribution in [3.05, 3.63) is 83.4 Å². The van der Waals surface area contributed by atoms with E-state index in [1.54, 1.807) is 6.33 Å². The molecular formula is C22H27F2IN6. The topological polar surface area (TPSA) is 67.1 Å². The maximum Gasteiger partial charge on any atom is 0.192 e. The van der Waals surface area contributed by atoms with Crippen LogP contribution < -0.4 is 10.6 Å². The Kier molecular flexibility index (Phi) is 9.83. The Morgan fingerprint density at radius 1 is 1.16 bits per heavy atom. The van der Waals surface area contributed by atoms with Gasteiger partial charge in [0, 0.05) is 31.1 Å². The molecule has 0 bridgehead atoms. The Balaban J connectivity index is 0.00000341. The highest BCUT2D eigenvalue weighted by Crippen LogP contribution is 2.17. The van der Waals surface area contributed by atoms with E-state index >= 15 is 0 Å². The summed E-state index contributed by atoms with van der Waals surface area (Å²) in [7, 11) is 0. The first-order valence-electron chi connectivity index (χ1n) is 9.97. The number of hydrogen-bond donors (Lipinski definition) is 2. The SMILES string of the molecule is CCc1nncn1CCNC(=NCc1ccccc1)NC(C)c1ccc(F)cc1F.I. The van der Waals surface area contributed by atoms with Crippen molar-refractivity contribution in [2.75, 3.05) is 6.54 Å². The fraction of sp³-hybridized carbons (Fsp3) is 0.318. The number of benzene rings is 2. The van der Waals surface area contributed by atoms with Gasteiger partial charge in [-0.05, 0) is 18.6 Å². The highest BCUT2D eigenvalue weighted by molar-refractivity contribution is 14.0. The minimum Gasteiger partial charge on any atom is -0.355 e. The Morgan fingerprint density at radius 3 is 2.65 bits per heavy atom. The molecule has 1 heterocycles. The molecule has 0 saturated carbocycles. The van der Waals surface area contributed by atoms with Gasteiger partial charge in [-0.1, -0.05) is 43.3 Å². The number of hydrogen-bond acceptors (Lipinski definition) is 3. The van der Waals surface area contributed by atoms with Crippen molar-refractivity contribution in [2.45, 2.75) is 39.4 Å². The Bertz CT molecular complexity index is 977. The number of aromatic nitrogens is 3. The van der Waals surface area contributed by atoms with Gasteiger partial charge in [0.25, 0.3) is 0 Å². The average molecular weight is 540 g/mol. The lowest BCUT2D eigenvalue weighted by Crippen LogP contribution is -2.40. The zero-order chi connectivity index (χ0) is 21.3. The molecule has 9 heteroatoms. The third-order valence-electron chi connectivity index (χ3n) is 4.70. The van der Waals surface area contributed by atoms with Crippen LogP contribution in [0, 0.1) is 11.6 Å². The van der Waals surface area contributed by atoms with Crippen molar-refractivity contribution in [2.24, 2.45) is 4.99 Å². The van der Waals surface area contributed by atoms with E-state index in [4.69, 9.17) is 0 Å². The van der Waals surface area contributed by atoms with E-state index in [0.717, 1.165) is 23.9 Å². The van der Waals surface area contributed by atoms with Crippen LogP contribution >= 0.6 is 24.0 Å². The van der Waals surface area contributed by atoms with E-state index in [1.165, 1.54) is 12.1 Å². The van der Waals surface area contributed by atoms with Crippen LogP contribution in [-0.4, -0.2) is 27.3 Å². The van der Waals surface area contributed by atoms with E-state index < -0.39 is 17.7 Å². The van der Waals surface area contributed by atoms with Gasteiger partial charge in [0.15, 0.2) is 5.96 Å². The lowest BCUT2D eigenvalue weighted by molar-refractivity contribution is 0.549. The number of aliphatic imine (C=N–C) groups is 1. The molecule has 0 fully saturated rings. The summed E-state index contributed by atoms with van der Waals surface area (Å²) in [5.41, 5.74) is 1.43. The minimum absolute atomic E-state index is 0. The van der Waals surface area contributed by atoms with Gasteiger partial charge in [-0.3, -0.25) is 0 Å². The Hall–Kier alpha value is -2.56. The number of halogens is 3. The van der Waals surface area contributed by atoms with Gasteiger partial charge < -0.3 is 15.2 Å². The highest BCUT2D eigenvalue weighted by atomic mass is 127. The molecule has 0 radical (unpaired) electrons. The third-order valence-corrected chi connectivity index (χ3v) is 4.70. The maximum absolute atomic E-state index is 14.2. The maximum atomic E-state index is 14.2. The van der Waals surface area contributed by atoms with E-state index in [9.17, 15) is 8.78 Å². The minimum atomic E-state index is -0.597. The van der Waals surface area contributed by atoms with E-state index in [1.807, 2.05) is 48.7 Å². The fourth-order valence-corrected chi connectivity index (χ4v) is 3.08. The first-order chi connectivity index (χ1) is 14.6. The van der Waals surface area contributed by atoms with Crippen LogP contribution in [-0.2, 0) is 19.5 Å². The normalized spacial score (nSPS) is 12.2. The number of guanidine groups is 1. The third kappa shape index (κ3) is 7.27. The average Bonchev–Trinajstić information content (AvgIpc) is 3.20. The molecular weight excluding hydrogens is 513 g/mol.